The van der Waals surface area contributed by atoms with E-state index >= 15 is 0 Å². The van der Waals surface area contributed by atoms with Crippen molar-refractivity contribution in [2.45, 2.75) is 0 Å². The van der Waals surface area contributed by atoms with Crippen LogP contribution in [0.4, 0.5) is 11.5 Å². The summed E-state index contributed by atoms with van der Waals surface area (Å²) >= 11 is 0. The van der Waals surface area contributed by atoms with E-state index in [-0.39, 0.29) is 0 Å². The van der Waals surface area contributed by atoms with E-state index < -0.39 is 5.91 Å². The van der Waals surface area contributed by atoms with Gasteiger partial charge >= 0.3 is 0 Å². The molecule has 0 radical (unpaired) electrons. The lowest BCUT2D eigenvalue weighted by molar-refractivity contribution is 0.0706. The monoisotopic (exact) mass is 281 g/mol. The molecule has 3 N–H and O–H groups in total. The van der Waals surface area contributed by atoms with Gasteiger partial charge in [0.05, 0.1) is 0 Å². The molecule has 0 spiro atoms. The van der Waals surface area contributed by atoms with Crippen LogP contribution in [0.15, 0.2) is 54.6 Å². The number of carbonyl (C=O) groups is 1. The molecule has 0 aliphatic heterocycles. The fraction of sp³-hybridized carbons (Fsp3) is 0.0625. The van der Waals surface area contributed by atoms with Crippen LogP contribution >= 0.6 is 0 Å². The number of para-hydroxylation sites is 1. The van der Waals surface area contributed by atoms with E-state index in [1.54, 1.807) is 29.7 Å². The minimum Gasteiger partial charge on any atom is -0.342 e. The van der Waals surface area contributed by atoms with Gasteiger partial charge in [-0.15, -0.1) is 0 Å². The second kappa shape index (κ2) is 5.30. The Morgan fingerprint density at radius 1 is 1.10 bits per heavy atom. The fourth-order valence-electron chi connectivity index (χ4n) is 2.33. The minimum absolute atomic E-state index is 0.403. The van der Waals surface area contributed by atoms with Gasteiger partial charge in [0.15, 0.2) is 0 Å². The highest BCUT2D eigenvalue weighted by Gasteiger charge is 2.06. The largest absolute Gasteiger partial charge is 0.342 e. The maximum absolute atomic E-state index is 11.3. The topological polar surface area (TPSA) is 66.3 Å². The number of amides is 1. The van der Waals surface area contributed by atoms with Crippen LogP contribution in [-0.2, 0) is 7.05 Å². The van der Waals surface area contributed by atoms with E-state index in [0.29, 0.717) is 5.56 Å². The summed E-state index contributed by atoms with van der Waals surface area (Å²) < 4.78 is 2.07. The van der Waals surface area contributed by atoms with Gasteiger partial charge < -0.3 is 9.88 Å². The van der Waals surface area contributed by atoms with Crippen molar-refractivity contribution in [3.63, 3.8) is 0 Å². The Bertz CT molecular complexity index is 791. The molecule has 5 nitrogen and oxygen atoms in total. The molecule has 0 aliphatic rings. The molecule has 0 saturated carbocycles. The highest BCUT2D eigenvalue weighted by molar-refractivity contribution is 5.93. The Labute approximate surface area is 121 Å². The lowest BCUT2D eigenvalue weighted by Gasteiger charge is -2.08. The van der Waals surface area contributed by atoms with Crippen LogP contribution < -0.4 is 10.8 Å². The van der Waals surface area contributed by atoms with Crippen molar-refractivity contribution in [1.29, 1.82) is 0 Å². The van der Waals surface area contributed by atoms with E-state index in [1.165, 1.54) is 5.39 Å². The molecule has 0 unspecified atom stereocenters. The van der Waals surface area contributed by atoms with Crippen molar-refractivity contribution in [3.05, 3.63) is 60.2 Å². The summed E-state index contributed by atoms with van der Waals surface area (Å²) in [7, 11) is 2.00. The molecule has 1 aromatic heterocycles. The van der Waals surface area contributed by atoms with Crippen molar-refractivity contribution in [2.24, 2.45) is 7.05 Å². The predicted molar refractivity (Wildman–Crippen MR) is 81.9 cm³/mol. The number of benzene rings is 2. The first-order valence-electron chi connectivity index (χ1n) is 6.55. The second-order valence-corrected chi connectivity index (χ2v) is 4.79. The van der Waals surface area contributed by atoms with E-state index in [1.807, 2.05) is 19.2 Å². The average Bonchev–Trinajstić information content (AvgIpc) is 2.84. The first-order chi connectivity index (χ1) is 10.2. The maximum Gasteiger partial charge on any atom is 0.274 e. The van der Waals surface area contributed by atoms with Crippen molar-refractivity contribution >= 4 is 28.3 Å². The summed E-state index contributed by atoms with van der Waals surface area (Å²) in [5, 5.41) is 13.1. The molecule has 1 amide bonds. The molecular weight excluding hydrogens is 266 g/mol. The number of aromatic nitrogens is 1. The van der Waals surface area contributed by atoms with E-state index in [2.05, 4.69) is 28.1 Å². The van der Waals surface area contributed by atoms with E-state index in [0.717, 1.165) is 17.0 Å². The predicted octanol–water partition coefficient (Wildman–Crippen LogP) is 3.04. The Morgan fingerprint density at radius 3 is 2.48 bits per heavy atom. The number of anilines is 2. The summed E-state index contributed by atoms with van der Waals surface area (Å²) in [5.41, 5.74) is 4.04. The normalized spacial score (nSPS) is 10.6. The molecule has 0 bridgehead atoms. The van der Waals surface area contributed by atoms with Crippen LogP contribution in [0, 0.1) is 0 Å². The molecular formula is C16H15N3O2. The van der Waals surface area contributed by atoms with Crippen molar-refractivity contribution in [2.75, 3.05) is 5.32 Å². The Hall–Kier alpha value is -2.79. The molecule has 0 fully saturated rings. The van der Waals surface area contributed by atoms with Crippen LogP contribution in [0.1, 0.15) is 10.4 Å². The maximum atomic E-state index is 11.3. The van der Waals surface area contributed by atoms with Gasteiger partial charge in [-0.3, -0.25) is 10.0 Å². The summed E-state index contributed by atoms with van der Waals surface area (Å²) in [6.07, 6.45) is 0. The number of nitrogens with zero attached hydrogens (tertiary/aromatic N) is 1. The van der Waals surface area contributed by atoms with Crippen molar-refractivity contribution in [3.8, 4) is 0 Å². The van der Waals surface area contributed by atoms with Gasteiger partial charge in [0.1, 0.15) is 5.82 Å². The van der Waals surface area contributed by atoms with Gasteiger partial charge in [-0.25, -0.2) is 5.48 Å². The zero-order valence-corrected chi connectivity index (χ0v) is 11.5. The quantitative estimate of drug-likeness (QED) is 0.510. The molecule has 3 aromatic rings. The number of nitrogens with one attached hydrogen (secondary N) is 2. The van der Waals surface area contributed by atoms with Crippen LogP contribution in [0.3, 0.4) is 0 Å². The van der Waals surface area contributed by atoms with Gasteiger partial charge in [0.2, 0.25) is 0 Å². The van der Waals surface area contributed by atoms with Gasteiger partial charge in [0, 0.05) is 29.2 Å². The van der Waals surface area contributed by atoms with Crippen LogP contribution in [-0.4, -0.2) is 15.7 Å². The number of carbonyl (C=O) groups excluding carboxylic acids is 1. The fourth-order valence-corrected chi connectivity index (χ4v) is 2.33. The highest BCUT2D eigenvalue weighted by atomic mass is 16.5. The minimum atomic E-state index is -0.522. The van der Waals surface area contributed by atoms with Crippen LogP contribution in [0.25, 0.3) is 10.9 Å². The van der Waals surface area contributed by atoms with E-state index in [9.17, 15) is 4.79 Å². The first-order valence-corrected chi connectivity index (χ1v) is 6.55. The van der Waals surface area contributed by atoms with Crippen LogP contribution in [0.2, 0.25) is 0 Å². The molecule has 0 saturated heterocycles. The Kier molecular flexibility index (Phi) is 3.33. The zero-order valence-electron chi connectivity index (χ0n) is 11.5. The number of fused-ring (bicyclic) bond motifs is 1. The third kappa shape index (κ3) is 2.46. The molecule has 1 heterocycles. The van der Waals surface area contributed by atoms with Crippen molar-refractivity contribution in [1.82, 2.24) is 10.0 Å². The lowest BCUT2D eigenvalue weighted by Crippen LogP contribution is -2.18. The molecule has 106 valence electrons. The average molecular weight is 281 g/mol. The zero-order chi connectivity index (χ0) is 14.8. The number of rotatable bonds is 3. The standard InChI is InChI=1S/C16H15N3O2/c1-19-14-5-3-2-4-12(14)10-15(19)17-13-8-6-11(7-9-13)16(20)18-21/h2-10,17,21H,1H3,(H,18,20). The molecule has 0 aliphatic carbocycles. The number of hydroxylamine groups is 1. The SMILES string of the molecule is Cn1c(Nc2ccc(C(=O)NO)cc2)cc2ccccc21. The smallest absolute Gasteiger partial charge is 0.274 e. The summed E-state index contributed by atoms with van der Waals surface area (Å²) in [6, 6.07) is 17.1. The van der Waals surface area contributed by atoms with Crippen LogP contribution in [0.5, 0.6) is 0 Å². The summed E-state index contributed by atoms with van der Waals surface area (Å²) in [5.74, 6) is 0.446. The molecule has 5 heteroatoms. The second-order valence-electron chi connectivity index (χ2n) is 4.79. The third-order valence-corrected chi connectivity index (χ3v) is 3.47. The van der Waals surface area contributed by atoms with Gasteiger partial charge in [-0.05, 0) is 36.4 Å². The molecule has 3 rings (SSSR count). The Balaban J connectivity index is 1.88. The molecule has 21 heavy (non-hydrogen) atoms. The lowest BCUT2D eigenvalue weighted by atomic mass is 10.2. The first kappa shape index (κ1) is 13.2. The van der Waals surface area contributed by atoms with Crippen molar-refractivity contribution < 1.29 is 10.0 Å². The highest BCUT2D eigenvalue weighted by Crippen LogP contribution is 2.25. The number of hydrogen-bond donors (Lipinski definition) is 3. The molecule has 0 atom stereocenters. The van der Waals surface area contributed by atoms with E-state index in [4.69, 9.17) is 5.21 Å². The van der Waals surface area contributed by atoms with Gasteiger partial charge in [-0.2, -0.15) is 0 Å². The summed E-state index contributed by atoms with van der Waals surface area (Å²) in [4.78, 5) is 11.3. The van der Waals surface area contributed by atoms with Gasteiger partial charge in [-0.1, -0.05) is 18.2 Å². The Morgan fingerprint density at radius 2 is 1.81 bits per heavy atom. The number of hydrogen-bond acceptors (Lipinski definition) is 3. The molecule has 2 aromatic carbocycles. The number of aryl methyl sites for hydroxylation is 1. The third-order valence-electron chi connectivity index (χ3n) is 3.47. The van der Waals surface area contributed by atoms with Gasteiger partial charge in [0.25, 0.3) is 5.91 Å². The summed E-state index contributed by atoms with van der Waals surface area (Å²) in [6.45, 7) is 0.